The summed E-state index contributed by atoms with van der Waals surface area (Å²) in [6.45, 7) is 8.71. The molecule has 11 heteroatoms. The van der Waals surface area contributed by atoms with Gasteiger partial charge in [0.2, 0.25) is 11.8 Å². The summed E-state index contributed by atoms with van der Waals surface area (Å²) in [6, 6.07) is 13.4. The molecular formula is C31H39ClN4O5S. The van der Waals surface area contributed by atoms with Crippen LogP contribution >= 0.6 is 12.4 Å². The van der Waals surface area contributed by atoms with Gasteiger partial charge in [-0.2, -0.15) is 4.98 Å². The van der Waals surface area contributed by atoms with Crippen LogP contribution in [0.25, 0.3) is 11.3 Å². The van der Waals surface area contributed by atoms with Gasteiger partial charge >= 0.3 is 5.97 Å². The van der Waals surface area contributed by atoms with Gasteiger partial charge in [-0.25, -0.2) is 22.9 Å². The number of nitrogens with zero attached hydrogens (tertiary/aromatic N) is 2. The van der Waals surface area contributed by atoms with Crippen LogP contribution in [0.1, 0.15) is 67.4 Å². The van der Waals surface area contributed by atoms with E-state index in [4.69, 9.17) is 4.74 Å². The summed E-state index contributed by atoms with van der Waals surface area (Å²) in [6.07, 6.45) is 6.08. The van der Waals surface area contributed by atoms with Gasteiger partial charge in [0.05, 0.1) is 16.2 Å². The Morgan fingerprint density at radius 1 is 1.07 bits per heavy atom. The fourth-order valence-electron chi connectivity index (χ4n) is 5.83. The van der Waals surface area contributed by atoms with Crippen LogP contribution in [0, 0.1) is 25.2 Å². The maximum atomic E-state index is 13.2. The third-order valence-electron chi connectivity index (χ3n) is 8.03. The molecular weight excluding hydrogens is 576 g/mol. The predicted molar refractivity (Wildman–Crippen MR) is 165 cm³/mol. The number of rotatable bonds is 12. The number of hydrogen-bond donors (Lipinski definition) is 3. The summed E-state index contributed by atoms with van der Waals surface area (Å²) in [7, 11) is -4.18. The summed E-state index contributed by atoms with van der Waals surface area (Å²) >= 11 is 0. The first-order valence-electron chi connectivity index (χ1n) is 14.1. The predicted octanol–water partition coefficient (Wildman–Crippen LogP) is 6.01. The van der Waals surface area contributed by atoms with E-state index in [0.29, 0.717) is 29.7 Å². The number of benzene rings is 2. The van der Waals surface area contributed by atoms with E-state index in [-0.39, 0.29) is 40.7 Å². The van der Waals surface area contributed by atoms with E-state index in [1.807, 2.05) is 32.0 Å². The molecule has 0 radical (unpaired) electrons. The number of sulfonamides is 1. The van der Waals surface area contributed by atoms with Crippen molar-refractivity contribution in [2.24, 2.45) is 11.3 Å². The van der Waals surface area contributed by atoms with Gasteiger partial charge in [-0.1, -0.05) is 38.1 Å². The maximum Gasteiger partial charge on any atom is 0.335 e. The third kappa shape index (κ3) is 7.40. The quantitative estimate of drug-likeness (QED) is 0.226. The highest BCUT2D eigenvalue weighted by Crippen LogP contribution is 2.60. The lowest BCUT2D eigenvalue weighted by Gasteiger charge is -2.39. The van der Waals surface area contributed by atoms with Crippen LogP contribution < -0.4 is 14.8 Å². The number of ether oxygens (including phenoxy) is 1. The molecule has 5 rings (SSSR count). The Morgan fingerprint density at radius 2 is 1.74 bits per heavy atom. The van der Waals surface area contributed by atoms with E-state index in [0.717, 1.165) is 29.2 Å². The molecule has 3 N–H and O–H groups in total. The molecule has 2 aliphatic carbocycles. The van der Waals surface area contributed by atoms with Gasteiger partial charge in [0.1, 0.15) is 6.61 Å². The van der Waals surface area contributed by atoms with Crippen molar-refractivity contribution in [3.63, 3.8) is 0 Å². The smallest absolute Gasteiger partial charge is 0.335 e. The standard InChI is InChI=1S/C31H38N4O5S.ClH/c1-19(2)13-23(32-24-16-31(17-24)11-12-31)18-40-27-15-26(28-20(3)7-5-8-21(28)4)33-30(34-27)35-41(38,39)25-10-6-9-22(14-25)29(36)37;/h5-10,14-15,19,23-24,32H,11-13,16-18H2,1-4H3,(H,36,37)(H,33,34,35);1H/t23-;/m0./s1. The van der Waals surface area contributed by atoms with Crippen LogP contribution in [0.15, 0.2) is 53.4 Å². The number of aromatic nitrogens is 2. The van der Waals surface area contributed by atoms with Crippen molar-refractivity contribution in [2.75, 3.05) is 11.3 Å². The molecule has 0 saturated heterocycles. The Hall–Kier alpha value is -3.21. The molecule has 0 amide bonds. The minimum absolute atomic E-state index is 0. The molecule has 2 aliphatic rings. The molecule has 9 nitrogen and oxygen atoms in total. The van der Waals surface area contributed by atoms with Crippen molar-refractivity contribution in [1.82, 2.24) is 15.3 Å². The van der Waals surface area contributed by atoms with Crippen molar-refractivity contribution >= 4 is 34.3 Å². The summed E-state index contributed by atoms with van der Waals surface area (Å²) in [5.74, 6) is -0.628. The summed E-state index contributed by atoms with van der Waals surface area (Å²) in [5.41, 5.74) is 3.83. The van der Waals surface area contributed by atoms with Gasteiger partial charge in [-0.05, 0) is 86.6 Å². The third-order valence-corrected chi connectivity index (χ3v) is 9.36. The van der Waals surface area contributed by atoms with Crippen LogP contribution in [-0.2, 0) is 10.0 Å². The van der Waals surface area contributed by atoms with E-state index in [1.54, 1.807) is 6.07 Å². The van der Waals surface area contributed by atoms with Crippen LogP contribution in [0.4, 0.5) is 5.95 Å². The molecule has 3 aromatic rings. The average Bonchev–Trinajstić information content (AvgIpc) is 3.67. The van der Waals surface area contributed by atoms with Gasteiger partial charge in [-0.15, -0.1) is 12.4 Å². The minimum atomic E-state index is -4.18. The summed E-state index contributed by atoms with van der Waals surface area (Å²) in [5, 5.41) is 13.1. The Balaban J connectivity index is 0.00000405. The van der Waals surface area contributed by atoms with Crippen molar-refractivity contribution in [1.29, 1.82) is 0 Å². The van der Waals surface area contributed by atoms with Gasteiger partial charge in [0, 0.05) is 23.7 Å². The maximum absolute atomic E-state index is 13.2. The first kappa shape index (κ1) is 31.7. The number of aryl methyl sites for hydroxylation is 2. The monoisotopic (exact) mass is 614 g/mol. The van der Waals surface area contributed by atoms with E-state index < -0.39 is 16.0 Å². The number of carboxylic acids is 1. The van der Waals surface area contributed by atoms with Crippen molar-refractivity contribution in [2.45, 2.75) is 76.8 Å². The Kier molecular flexibility index (Phi) is 9.49. The van der Waals surface area contributed by atoms with Crippen LogP contribution in [0.3, 0.4) is 0 Å². The fourth-order valence-corrected chi connectivity index (χ4v) is 6.82. The van der Waals surface area contributed by atoms with Gasteiger partial charge in [-0.3, -0.25) is 0 Å². The zero-order chi connectivity index (χ0) is 29.4. The van der Waals surface area contributed by atoms with E-state index in [1.165, 1.54) is 43.9 Å². The molecule has 42 heavy (non-hydrogen) atoms. The highest BCUT2D eigenvalue weighted by atomic mass is 35.5. The van der Waals surface area contributed by atoms with E-state index >= 15 is 0 Å². The number of hydrogen-bond acceptors (Lipinski definition) is 7. The van der Waals surface area contributed by atoms with Gasteiger partial charge < -0.3 is 15.2 Å². The normalized spacial score (nSPS) is 16.4. The lowest BCUT2D eigenvalue weighted by molar-refractivity contribution is 0.0696. The largest absolute Gasteiger partial charge is 0.478 e. The Bertz CT molecular complexity index is 1530. The second kappa shape index (κ2) is 12.6. The number of aromatic carboxylic acids is 1. The zero-order valence-corrected chi connectivity index (χ0v) is 26.0. The average molecular weight is 615 g/mol. The molecule has 1 heterocycles. The highest BCUT2D eigenvalue weighted by molar-refractivity contribution is 7.92. The molecule has 1 spiro atoms. The summed E-state index contributed by atoms with van der Waals surface area (Å²) < 4.78 is 35.2. The topological polar surface area (TPSA) is 131 Å². The van der Waals surface area contributed by atoms with Gasteiger partial charge in [0.15, 0.2) is 0 Å². The molecule has 0 aliphatic heterocycles. The molecule has 226 valence electrons. The van der Waals surface area contributed by atoms with Crippen LogP contribution in [0.2, 0.25) is 0 Å². The SMILES string of the molecule is Cc1cccc(C)c1-c1cc(OC[C@H](CC(C)C)NC2CC3(CC3)C2)nc(NS(=O)(=O)c2cccc(C(=O)O)c2)n1.Cl. The van der Waals surface area contributed by atoms with E-state index in [9.17, 15) is 18.3 Å². The molecule has 1 atom stereocenters. The zero-order valence-electron chi connectivity index (χ0n) is 24.4. The minimum Gasteiger partial charge on any atom is -0.478 e. The number of carbonyl (C=O) groups is 1. The Morgan fingerprint density at radius 3 is 2.36 bits per heavy atom. The lowest BCUT2D eigenvalue weighted by Crippen LogP contribution is -2.49. The first-order valence-corrected chi connectivity index (χ1v) is 15.6. The van der Waals surface area contributed by atoms with Crippen molar-refractivity contribution < 1.29 is 23.1 Å². The first-order chi connectivity index (χ1) is 19.4. The van der Waals surface area contributed by atoms with Crippen LogP contribution in [-0.4, -0.2) is 48.2 Å². The number of halogens is 1. The van der Waals surface area contributed by atoms with Crippen molar-refractivity contribution in [3.05, 3.63) is 65.2 Å². The lowest BCUT2D eigenvalue weighted by atomic mass is 9.76. The molecule has 2 aromatic carbocycles. The van der Waals surface area contributed by atoms with E-state index in [2.05, 4.69) is 33.9 Å². The molecule has 1 aromatic heterocycles. The Labute approximate surface area is 254 Å². The molecule has 0 unspecified atom stereocenters. The molecule has 2 fully saturated rings. The number of anilines is 1. The van der Waals surface area contributed by atoms with Gasteiger partial charge in [0.25, 0.3) is 10.0 Å². The number of nitrogens with one attached hydrogen (secondary N) is 2. The van der Waals surface area contributed by atoms with Crippen molar-refractivity contribution in [3.8, 4) is 17.1 Å². The second-order valence-electron chi connectivity index (χ2n) is 12.0. The van der Waals surface area contributed by atoms with Crippen LogP contribution in [0.5, 0.6) is 5.88 Å². The molecule has 2 saturated carbocycles. The number of carboxylic acid groups (broad SMARTS) is 1. The summed E-state index contributed by atoms with van der Waals surface area (Å²) in [4.78, 5) is 20.2. The fraction of sp³-hybridized carbons (Fsp3) is 0.452. The second-order valence-corrected chi connectivity index (χ2v) is 13.7. The highest BCUT2D eigenvalue weighted by Gasteiger charge is 2.53. The molecule has 0 bridgehead atoms.